The molecular weight excluding hydrogens is 709 g/mol. The molecule has 3 heterocycles. The molecule has 2 fully saturated rings. The van der Waals surface area contributed by atoms with E-state index in [4.69, 9.17) is 4.74 Å². The van der Waals surface area contributed by atoms with Crippen molar-refractivity contribution in [3.05, 3.63) is 41.0 Å². The number of aryl methyl sites for hydroxylation is 1. The minimum atomic E-state index is -0.890. The van der Waals surface area contributed by atoms with E-state index in [0.717, 1.165) is 34.5 Å². The maximum Gasteiger partial charge on any atom is 0.410 e. The van der Waals surface area contributed by atoms with Crippen LogP contribution in [0.25, 0.3) is 10.4 Å². The quantitative estimate of drug-likeness (QED) is 0.234. The molecule has 0 bridgehead atoms. The Morgan fingerprint density at radius 1 is 0.907 bits per heavy atom. The number of likely N-dealkylation sites (tertiary alicyclic amines) is 1. The van der Waals surface area contributed by atoms with Crippen molar-refractivity contribution in [3.8, 4) is 10.4 Å². The summed E-state index contributed by atoms with van der Waals surface area (Å²) in [6.07, 6.45) is 2.40. The van der Waals surface area contributed by atoms with E-state index < -0.39 is 35.1 Å². The number of piperazine rings is 1. The van der Waals surface area contributed by atoms with Gasteiger partial charge >= 0.3 is 6.09 Å². The summed E-state index contributed by atoms with van der Waals surface area (Å²) in [6.45, 7) is 16.8. The zero-order valence-corrected chi connectivity index (χ0v) is 34.1. The number of nitrogens with zero attached hydrogens (tertiary/aromatic N) is 4. The number of ether oxygens (including phenoxy) is 1. The molecule has 0 saturated carbocycles. The van der Waals surface area contributed by atoms with Gasteiger partial charge < -0.3 is 35.2 Å². The number of carbonyl (C=O) groups excluding carboxylic acids is 5. The van der Waals surface area contributed by atoms with E-state index in [0.29, 0.717) is 45.4 Å². The largest absolute Gasteiger partial charge is 0.444 e. The van der Waals surface area contributed by atoms with Crippen LogP contribution in [0, 0.1) is 12.3 Å². The maximum atomic E-state index is 14.0. The van der Waals surface area contributed by atoms with Crippen molar-refractivity contribution in [1.82, 2.24) is 30.3 Å². The van der Waals surface area contributed by atoms with Gasteiger partial charge in [0.15, 0.2) is 0 Å². The molecule has 1 unspecified atom stereocenters. The lowest BCUT2D eigenvalue weighted by atomic mass is 9.85. The average Bonchev–Trinajstić information content (AvgIpc) is 3.72. The second-order valence-corrected chi connectivity index (χ2v) is 17.5. The Labute approximate surface area is 324 Å². The number of aliphatic hydroxyl groups is 1. The van der Waals surface area contributed by atoms with Crippen molar-refractivity contribution in [2.75, 3.05) is 32.7 Å². The lowest BCUT2D eigenvalue weighted by Gasteiger charge is -2.35. The number of hydrogen-bond acceptors (Lipinski definition) is 9. The number of carbonyl (C=O) groups is 5. The van der Waals surface area contributed by atoms with E-state index in [1.54, 1.807) is 21.1 Å². The fourth-order valence-corrected chi connectivity index (χ4v) is 7.60. The van der Waals surface area contributed by atoms with Crippen LogP contribution in [0.15, 0.2) is 29.8 Å². The number of thiazole rings is 1. The zero-order valence-electron chi connectivity index (χ0n) is 33.3. The number of benzene rings is 1. The van der Waals surface area contributed by atoms with Crippen molar-refractivity contribution < 1.29 is 33.8 Å². The van der Waals surface area contributed by atoms with Gasteiger partial charge in [-0.2, -0.15) is 0 Å². The molecule has 1 aromatic heterocycles. The van der Waals surface area contributed by atoms with Crippen LogP contribution in [-0.4, -0.2) is 111 Å². The van der Waals surface area contributed by atoms with Gasteiger partial charge in [0.05, 0.1) is 28.2 Å². The first kappa shape index (κ1) is 42.7. The molecule has 4 rings (SSSR count). The van der Waals surface area contributed by atoms with E-state index in [1.165, 1.54) is 4.90 Å². The highest BCUT2D eigenvalue weighted by Gasteiger charge is 2.44. The van der Waals surface area contributed by atoms with Crippen LogP contribution in [0.1, 0.15) is 111 Å². The smallest absolute Gasteiger partial charge is 0.410 e. The van der Waals surface area contributed by atoms with Crippen LogP contribution in [0.4, 0.5) is 4.79 Å². The summed E-state index contributed by atoms with van der Waals surface area (Å²) in [6, 6.07) is 5.86. The second kappa shape index (κ2) is 18.5. The van der Waals surface area contributed by atoms with E-state index in [-0.39, 0.29) is 49.2 Å². The van der Waals surface area contributed by atoms with Crippen molar-refractivity contribution in [2.24, 2.45) is 5.41 Å². The van der Waals surface area contributed by atoms with Crippen LogP contribution in [0.5, 0.6) is 0 Å². The van der Waals surface area contributed by atoms with Crippen LogP contribution < -0.4 is 10.6 Å². The van der Waals surface area contributed by atoms with Crippen molar-refractivity contribution in [2.45, 2.75) is 130 Å². The number of aliphatic hydroxyl groups excluding tert-OH is 1. The molecule has 2 saturated heterocycles. The third kappa shape index (κ3) is 12.0. The Morgan fingerprint density at radius 3 is 2.09 bits per heavy atom. The minimum absolute atomic E-state index is 0.00872. The zero-order chi connectivity index (χ0) is 39.8. The normalized spacial score (nSPS) is 18.9. The van der Waals surface area contributed by atoms with Gasteiger partial charge in [-0.3, -0.25) is 19.2 Å². The molecule has 0 aliphatic carbocycles. The third-order valence-corrected chi connectivity index (χ3v) is 10.9. The number of nitrogens with one attached hydrogen (secondary N) is 2. The molecule has 1 aromatic carbocycles. The number of amides is 5. The summed E-state index contributed by atoms with van der Waals surface area (Å²) < 4.78 is 5.43. The highest BCUT2D eigenvalue weighted by atomic mass is 32.1. The van der Waals surface area contributed by atoms with Gasteiger partial charge in [0.25, 0.3) is 0 Å². The SMILES string of the molecule is Cc1ncsc1-c1ccc([C@H](C)NC(=O)[C@@H]2C[C@@H](O)CN2C(=O)C(NC(=O)CCCCCCC(=O)N2CCN(C(=O)OC(C)(C)C)CC2)C(C)(C)C)cc1. The molecule has 2 aromatic rings. The second-order valence-electron chi connectivity index (χ2n) is 16.6. The summed E-state index contributed by atoms with van der Waals surface area (Å²) in [5.74, 6) is -0.938. The predicted molar refractivity (Wildman–Crippen MR) is 208 cm³/mol. The molecule has 0 spiro atoms. The molecule has 0 radical (unpaired) electrons. The first-order chi connectivity index (χ1) is 25.3. The van der Waals surface area contributed by atoms with Gasteiger partial charge in [0, 0.05) is 52.0 Å². The monoisotopic (exact) mass is 768 g/mol. The maximum absolute atomic E-state index is 14.0. The van der Waals surface area contributed by atoms with Crippen molar-refractivity contribution >= 4 is 41.1 Å². The Balaban J connectivity index is 1.21. The fraction of sp³-hybridized carbons (Fsp3) is 0.650. The lowest BCUT2D eigenvalue weighted by molar-refractivity contribution is -0.144. The number of unbranched alkanes of at least 4 members (excludes halogenated alkanes) is 3. The lowest BCUT2D eigenvalue weighted by Crippen LogP contribution is -2.57. The molecule has 14 heteroatoms. The highest BCUT2D eigenvalue weighted by molar-refractivity contribution is 7.13. The van der Waals surface area contributed by atoms with Crippen LogP contribution in [-0.2, 0) is 23.9 Å². The van der Waals surface area contributed by atoms with Gasteiger partial charge in [-0.15, -0.1) is 11.3 Å². The van der Waals surface area contributed by atoms with Crippen LogP contribution >= 0.6 is 11.3 Å². The molecule has 2 aliphatic rings. The predicted octanol–water partition coefficient (Wildman–Crippen LogP) is 5.21. The molecular formula is C40H60N6O7S. The van der Waals surface area contributed by atoms with Gasteiger partial charge in [0.1, 0.15) is 17.7 Å². The Morgan fingerprint density at radius 2 is 1.52 bits per heavy atom. The molecule has 13 nitrogen and oxygen atoms in total. The van der Waals surface area contributed by atoms with Crippen LogP contribution in [0.3, 0.4) is 0 Å². The van der Waals surface area contributed by atoms with E-state index in [1.807, 2.05) is 85.2 Å². The van der Waals surface area contributed by atoms with Gasteiger partial charge in [-0.05, 0) is 64.0 Å². The topological polar surface area (TPSA) is 161 Å². The summed E-state index contributed by atoms with van der Waals surface area (Å²) >= 11 is 1.58. The average molecular weight is 769 g/mol. The number of β-amino-alcohol motifs (C(OH)–C–C–N with tert-alkyl or cyclic N) is 1. The van der Waals surface area contributed by atoms with E-state index >= 15 is 0 Å². The fourth-order valence-electron chi connectivity index (χ4n) is 6.79. The van der Waals surface area contributed by atoms with Gasteiger partial charge in [-0.1, -0.05) is 57.9 Å². The minimum Gasteiger partial charge on any atom is -0.444 e. The molecule has 3 N–H and O–H groups in total. The molecule has 54 heavy (non-hydrogen) atoms. The first-order valence-electron chi connectivity index (χ1n) is 19.2. The molecule has 4 atom stereocenters. The van der Waals surface area contributed by atoms with Crippen molar-refractivity contribution in [3.63, 3.8) is 0 Å². The summed E-state index contributed by atoms with van der Waals surface area (Å²) in [4.78, 5) is 76.0. The highest BCUT2D eigenvalue weighted by Crippen LogP contribution is 2.30. The number of aromatic nitrogens is 1. The molecule has 298 valence electrons. The number of rotatable bonds is 13. The van der Waals surface area contributed by atoms with E-state index in [9.17, 15) is 29.1 Å². The Kier molecular flexibility index (Phi) is 14.7. The van der Waals surface area contributed by atoms with Crippen molar-refractivity contribution in [1.29, 1.82) is 0 Å². The summed E-state index contributed by atoms with van der Waals surface area (Å²) in [5, 5.41) is 16.5. The van der Waals surface area contributed by atoms with Gasteiger partial charge in [-0.25, -0.2) is 9.78 Å². The first-order valence-corrected chi connectivity index (χ1v) is 20.1. The number of hydrogen-bond donors (Lipinski definition) is 3. The van der Waals surface area contributed by atoms with Gasteiger partial charge in [0.2, 0.25) is 23.6 Å². The third-order valence-electron chi connectivity index (χ3n) is 9.89. The molecule has 2 aliphatic heterocycles. The Hall–Kier alpha value is -4.04. The summed E-state index contributed by atoms with van der Waals surface area (Å²) in [5.41, 5.74) is 3.54. The Bertz CT molecular complexity index is 1610. The van der Waals surface area contributed by atoms with Crippen LogP contribution in [0.2, 0.25) is 0 Å². The standard InChI is InChI=1S/C40H60N6O7S/c1-26(28-15-17-29(18-16-28)34-27(2)41-25-54-34)42-36(50)31-23-30(47)24-46(31)37(51)35(39(3,4)5)43-32(48)13-11-9-10-12-14-33(49)44-19-21-45(22-20-44)38(52)53-40(6,7)8/h15-18,25-26,30-31,35,47H,9-14,19-24H2,1-8H3,(H,42,50)(H,43,48)/t26-,30+,31-,35?/m0/s1. The van der Waals surface area contributed by atoms with E-state index in [2.05, 4.69) is 15.6 Å². The summed E-state index contributed by atoms with van der Waals surface area (Å²) in [7, 11) is 0. The molecule has 5 amide bonds.